The molecule has 0 aliphatic carbocycles. The van der Waals surface area contributed by atoms with Gasteiger partial charge in [0.1, 0.15) is 0 Å². The SMILES string of the molecule is FC(F)(F)C1CCN(CCCc2ccccc2Br)CC1. The third kappa shape index (κ3) is 4.48. The van der Waals surface area contributed by atoms with E-state index in [0.29, 0.717) is 13.1 Å². The summed E-state index contributed by atoms with van der Waals surface area (Å²) in [7, 11) is 0. The Morgan fingerprint density at radius 3 is 2.40 bits per heavy atom. The van der Waals surface area contributed by atoms with Crippen molar-refractivity contribution in [2.24, 2.45) is 5.92 Å². The third-order valence-electron chi connectivity index (χ3n) is 3.93. The first-order chi connectivity index (χ1) is 9.47. The van der Waals surface area contributed by atoms with Gasteiger partial charge in [-0.1, -0.05) is 34.1 Å². The van der Waals surface area contributed by atoms with Crippen molar-refractivity contribution in [3.05, 3.63) is 34.3 Å². The third-order valence-corrected chi connectivity index (χ3v) is 4.70. The number of benzene rings is 1. The van der Waals surface area contributed by atoms with Crippen molar-refractivity contribution in [1.82, 2.24) is 4.90 Å². The predicted molar refractivity (Wildman–Crippen MR) is 77.7 cm³/mol. The lowest BCUT2D eigenvalue weighted by Crippen LogP contribution is -2.39. The van der Waals surface area contributed by atoms with Gasteiger partial charge >= 0.3 is 6.18 Å². The summed E-state index contributed by atoms with van der Waals surface area (Å²) in [6, 6.07) is 8.09. The molecule has 1 nitrogen and oxygen atoms in total. The van der Waals surface area contributed by atoms with Gasteiger partial charge in [-0.15, -0.1) is 0 Å². The molecule has 1 saturated heterocycles. The Hall–Kier alpha value is -0.550. The molecule has 1 aliphatic rings. The lowest BCUT2D eigenvalue weighted by molar-refractivity contribution is -0.185. The molecule has 0 N–H and O–H groups in total. The normalized spacial score (nSPS) is 18.4. The Labute approximate surface area is 126 Å². The van der Waals surface area contributed by atoms with E-state index in [1.807, 2.05) is 18.2 Å². The number of hydrogen-bond donors (Lipinski definition) is 0. The van der Waals surface area contributed by atoms with E-state index < -0.39 is 12.1 Å². The molecule has 5 heteroatoms. The summed E-state index contributed by atoms with van der Waals surface area (Å²) >= 11 is 3.51. The number of alkyl halides is 3. The zero-order valence-electron chi connectivity index (χ0n) is 11.3. The Kier molecular flexibility index (Phi) is 5.49. The monoisotopic (exact) mass is 349 g/mol. The van der Waals surface area contributed by atoms with Crippen LogP contribution in [0.15, 0.2) is 28.7 Å². The second-order valence-electron chi connectivity index (χ2n) is 5.35. The summed E-state index contributed by atoms with van der Waals surface area (Å²) in [4.78, 5) is 2.15. The van der Waals surface area contributed by atoms with Gasteiger partial charge in [0.15, 0.2) is 0 Å². The molecule has 1 fully saturated rings. The molecule has 0 radical (unpaired) electrons. The van der Waals surface area contributed by atoms with E-state index in [9.17, 15) is 13.2 Å². The molecular formula is C15H19BrF3N. The molecule has 2 rings (SSSR count). The van der Waals surface area contributed by atoms with E-state index in [-0.39, 0.29) is 12.8 Å². The average molecular weight is 350 g/mol. The number of hydrogen-bond acceptors (Lipinski definition) is 1. The van der Waals surface area contributed by atoms with E-state index in [4.69, 9.17) is 0 Å². The fourth-order valence-electron chi connectivity index (χ4n) is 2.68. The molecule has 1 aromatic carbocycles. The van der Waals surface area contributed by atoms with Gasteiger partial charge in [-0.25, -0.2) is 0 Å². The predicted octanol–water partition coefficient (Wildman–Crippen LogP) is 4.66. The zero-order chi connectivity index (χ0) is 14.6. The van der Waals surface area contributed by atoms with Crippen molar-refractivity contribution in [2.45, 2.75) is 31.9 Å². The molecule has 112 valence electrons. The summed E-state index contributed by atoms with van der Waals surface area (Å²) in [6.07, 6.45) is -1.57. The first kappa shape index (κ1) is 15.8. The summed E-state index contributed by atoms with van der Waals surface area (Å²) in [5, 5.41) is 0. The fourth-order valence-corrected chi connectivity index (χ4v) is 3.16. The van der Waals surface area contributed by atoms with Crippen molar-refractivity contribution in [1.29, 1.82) is 0 Å². The first-order valence-corrected chi connectivity index (χ1v) is 7.78. The van der Waals surface area contributed by atoms with Gasteiger partial charge < -0.3 is 4.90 Å². The molecule has 0 amide bonds. The molecule has 20 heavy (non-hydrogen) atoms. The summed E-state index contributed by atoms with van der Waals surface area (Å²) in [6.45, 7) is 2.02. The zero-order valence-corrected chi connectivity index (χ0v) is 12.9. The number of likely N-dealkylation sites (tertiary alicyclic amines) is 1. The van der Waals surface area contributed by atoms with Gasteiger partial charge in [0, 0.05) is 4.47 Å². The molecule has 0 atom stereocenters. The van der Waals surface area contributed by atoms with Gasteiger partial charge in [-0.05, 0) is 56.9 Å². The van der Waals surface area contributed by atoms with Crippen LogP contribution in [0.3, 0.4) is 0 Å². The highest BCUT2D eigenvalue weighted by atomic mass is 79.9. The van der Waals surface area contributed by atoms with E-state index in [0.717, 1.165) is 23.9 Å². The maximum Gasteiger partial charge on any atom is 0.391 e. The van der Waals surface area contributed by atoms with Gasteiger partial charge in [0.2, 0.25) is 0 Å². The molecule has 0 spiro atoms. The van der Waals surface area contributed by atoms with Crippen molar-refractivity contribution in [3.8, 4) is 0 Å². The van der Waals surface area contributed by atoms with Crippen molar-refractivity contribution >= 4 is 15.9 Å². The Balaban J connectivity index is 1.71. The highest BCUT2D eigenvalue weighted by Crippen LogP contribution is 2.34. The van der Waals surface area contributed by atoms with Crippen LogP contribution in [-0.4, -0.2) is 30.7 Å². The van der Waals surface area contributed by atoms with Gasteiger partial charge in [0.05, 0.1) is 5.92 Å². The molecular weight excluding hydrogens is 331 g/mol. The number of rotatable bonds is 4. The minimum atomic E-state index is -4.01. The lowest BCUT2D eigenvalue weighted by Gasteiger charge is -2.32. The highest BCUT2D eigenvalue weighted by Gasteiger charge is 2.40. The second-order valence-corrected chi connectivity index (χ2v) is 6.21. The summed E-state index contributed by atoms with van der Waals surface area (Å²) < 4.78 is 38.8. The van der Waals surface area contributed by atoms with Crippen LogP contribution in [0.5, 0.6) is 0 Å². The molecule has 0 saturated carbocycles. The van der Waals surface area contributed by atoms with Crippen molar-refractivity contribution < 1.29 is 13.2 Å². The second kappa shape index (κ2) is 6.94. The average Bonchev–Trinajstić information content (AvgIpc) is 2.40. The van der Waals surface area contributed by atoms with Crippen LogP contribution in [0.4, 0.5) is 13.2 Å². The Morgan fingerprint density at radius 1 is 1.15 bits per heavy atom. The van der Waals surface area contributed by atoms with Crippen molar-refractivity contribution in [2.75, 3.05) is 19.6 Å². The van der Waals surface area contributed by atoms with Crippen LogP contribution in [0.1, 0.15) is 24.8 Å². The van der Waals surface area contributed by atoms with E-state index in [1.54, 1.807) is 0 Å². The Bertz CT molecular complexity index is 425. The smallest absolute Gasteiger partial charge is 0.303 e. The topological polar surface area (TPSA) is 3.24 Å². The highest BCUT2D eigenvalue weighted by molar-refractivity contribution is 9.10. The van der Waals surface area contributed by atoms with Crippen molar-refractivity contribution in [3.63, 3.8) is 0 Å². The van der Waals surface area contributed by atoms with Crippen LogP contribution in [0, 0.1) is 5.92 Å². The van der Waals surface area contributed by atoms with Crippen LogP contribution in [0.2, 0.25) is 0 Å². The van der Waals surface area contributed by atoms with Crippen LogP contribution in [-0.2, 0) is 6.42 Å². The minimum Gasteiger partial charge on any atom is -0.303 e. The molecule has 0 bridgehead atoms. The lowest BCUT2D eigenvalue weighted by atomic mass is 9.96. The Morgan fingerprint density at radius 2 is 1.80 bits per heavy atom. The summed E-state index contributed by atoms with van der Waals surface area (Å²) in [5.41, 5.74) is 1.26. The number of aryl methyl sites for hydroxylation is 1. The number of nitrogens with zero attached hydrogens (tertiary/aromatic N) is 1. The standard InChI is InChI=1S/C15H19BrF3N/c16-14-6-2-1-4-12(14)5-3-9-20-10-7-13(8-11-20)15(17,18)19/h1-2,4,6,13H,3,5,7-11H2. The number of piperidine rings is 1. The largest absolute Gasteiger partial charge is 0.391 e. The number of halogens is 4. The van der Waals surface area contributed by atoms with Crippen LogP contribution >= 0.6 is 15.9 Å². The summed E-state index contributed by atoms with van der Waals surface area (Å²) in [5.74, 6) is -1.10. The molecule has 1 aliphatic heterocycles. The molecule has 1 aromatic rings. The van der Waals surface area contributed by atoms with Gasteiger partial charge in [-0.2, -0.15) is 13.2 Å². The maximum atomic E-state index is 12.6. The molecule has 0 aromatic heterocycles. The quantitative estimate of drug-likeness (QED) is 0.764. The van der Waals surface area contributed by atoms with E-state index in [2.05, 4.69) is 26.9 Å². The molecule has 0 unspecified atom stereocenters. The van der Waals surface area contributed by atoms with E-state index >= 15 is 0 Å². The van der Waals surface area contributed by atoms with Crippen LogP contribution in [0.25, 0.3) is 0 Å². The van der Waals surface area contributed by atoms with Crippen LogP contribution < -0.4 is 0 Å². The maximum absolute atomic E-state index is 12.6. The van der Waals surface area contributed by atoms with Gasteiger partial charge in [-0.3, -0.25) is 0 Å². The minimum absolute atomic E-state index is 0.249. The molecule has 1 heterocycles. The fraction of sp³-hybridized carbons (Fsp3) is 0.600. The first-order valence-electron chi connectivity index (χ1n) is 6.99. The van der Waals surface area contributed by atoms with Gasteiger partial charge in [0.25, 0.3) is 0 Å². The van der Waals surface area contributed by atoms with E-state index in [1.165, 1.54) is 5.56 Å².